The van der Waals surface area contributed by atoms with Gasteiger partial charge in [0.15, 0.2) is 10.1 Å². The summed E-state index contributed by atoms with van der Waals surface area (Å²) in [5, 5.41) is 12.6. The number of aryl methyl sites for hydroxylation is 1. The number of carbonyl (C=O) groups is 1. The molecule has 0 fully saturated rings. The summed E-state index contributed by atoms with van der Waals surface area (Å²) in [7, 11) is 0. The first-order chi connectivity index (χ1) is 11.2. The standard InChI is InChI=1S/C16H13N3O2S2/c1-3-8-17-15(20)14-12(9-22-16-19-18-10(2)23-16)11-6-4-5-7-13(11)21-14/h1,4-7H,8-9H2,2H3,(H,17,20). The van der Waals surface area contributed by atoms with Crippen LogP contribution in [0.4, 0.5) is 0 Å². The van der Waals surface area contributed by atoms with Crippen LogP contribution in [0.2, 0.25) is 0 Å². The minimum Gasteiger partial charge on any atom is -0.451 e. The highest BCUT2D eigenvalue weighted by Crippen LogP contribution is 2.33. The molecule has 0 aliphatic rings. The fourth-order valence-corrected chi connectivity index (χ4v) is 3.95. The molecule has 0 saturated carbocycles. The van der Waals surface area contributed by atoms with E-state index in [4.69, 9.17) is 10.8 Å². The van der Waals surface area contributed by atoms with Crippen LogP contribution in [0, 0.1) is 19.3 Å². The first kappa shape index (κ1) is 15.6. The van der Waals surface area contributed by atoms with Crippen molar-refractivity contribution in [2.24, 2.45) is 0 Å². The van der Waals surface area contributed by atoms with Crippen LogP contribution >= 0.6 is 23.1 Å². The number of hydrogen-bond donors (Lipinski definition) is 1. The van der Waals surface area contributed by atoms with Gasteiger partial charge in [-0.1, -0.05) is 47.2 Å². The lowest BCUT2D eigenvalue weighted by Gasteiger charge is -2.02. The molecule has 2 heterocycles. The van der Waals surface area contributed by atoms with E-state index < -0.39 is 0 Å². The second-order valence-electron chi connectivity index (χ2n) is 4.67. The summed E-state index contributed by atoms with van der Waals surface area (Å²) in [4.78, 5) is 12.3. The van der Waals surface area contributed by atoms with E-state index in [1.54, 1.807) is 0 Å². The van der Waals surface area contributed by atoms with E-state index in [2.05, 4.69) is 21.4 Å². The molecule has 0 atom stereocenters. The molecule has 0 aliphatic carbocycles. The van der Waals surface area contributed by atoms with Gasteiger partial charge < -0.3 is 9.73 Å². The van der Waals surface area contributed by atoms with Crippen LogP contribution in [-0.2, 0) is 5.75 Å². The minimum absolute atomic E-state index is 0.165. The van der Waals surface area contributed by atoms with Gasteiger partial charge in [-0.15, -0.1) is 16.6 Å². The van der Waals surface area contributed by atoms with E-state index in [1.165, 1.54) is 23.1 Å². The number of furan rings is 1. The highest BCUT2D eigenvalue weighted by molar-refractivity contribution is 8.00. The zero-order chi connectivity index (χ0) is 16.2. The molecular formula is C16H13N3O2S2. The zero-order valence-corrected chi connectivity index (χ0v) is 14.0. The predicted octanol–water partition coefficient (Wildman–Crippen LogP) is 3.25. The normalized spacial score (nSPS) is 10.6. The first-order valence-electron chi connectivity index (χ1n) is 6.84. The van der Waals surface area contributed by atoms with E-state index in [9.17, 15) is 4.79 Å². The number of hydrogen-bond acceptors (Lipinski definition) is 6. The Morgan fingerprint density at radius 2 is 2.26 bits per heavy atom. The van der Waals surface area contributed by atoms with Gasteiger partial charge in [-0.3, -0.25) is 4.79 Å². The number of benzene rings is 1. The van der Waals surface area contributed by atoms with E-state index in [-0.39, 0.29) is 12.5 Å². The molecule has 0 aliphatic heterocycles. The van der Waals surface area contributed by atoms with Gasteiger partial charge in [-0.2, -0.15) is 0 Å². The molecule has 0 unspecified atom stereocenters. The number of amides is 1. The van der Waals surface area contributed by atoms with Gasteiger partial charge >= 0.3 is 0 Å². The lowest BCUT2D eigenvalue weighted by Crippen LogP contribution is -2.23. The van der Waals surface area contributed by atoms with Gasteiger partial charge in [0.2, 0.25) is 0 Å². The number of nitrogens with zero attached hydrogens (tertiary/aromatic N) is 2. The van der Waals surface area contributed by atoms with Crippen LogP contribution in [0.1, 0.15) is 21.1 Å². The van der Waals surface area contributed by atoms with Crippen molar-refractivity contribution in [3.8, 4) is 12.3 Å². The van der Waals surface area contributed by atoms with Crippen molar-refractivity contribution in [2.75, 3.05) is 6.54 Å². The number of thioether (sulfide) groups is 1. The SMILES string of the molecule is C#CCNC(=O)c1oc2ccccc2c1CSc1nnc(C)s1. The summed E-state index contributed by atoms with van der Waals surface area (Å²) >= 11 is 3.06. The highest BCUT2D eigenvalue weighted by Gasteiger charge is 2.20. The summed E-state index contributed by atoms with van der Waals surface area (Å²) < 4.78 is 6.59. The number of aromatic nitrogens is 2. The molecule has 116 valence electrons. The zero-order valence-electron chi connectivity index (χ0n) is 12.3. The summed E-state index contributed by atoms with van der Waals surface area (Å²) in [6, 6.07) is 7.58. The molecule has 2 aromatic heterocycles. The predicted molar refractivity (Wildman–Crippen MR) is 91.6 cm³/mol. The van der Waals surface area contributed by atoms with Crippen LogP contribution in [0.15, 0.2) is 33.0 Å². The number of fused-ring (bicyclic) bond motifs is 1. The molecule has 0 radical (unpaired) electrons. The van der Waals surface area contributed by atoms with Crippen molar-refractivity contribution < 1.29 is 9.21 Å². The summed E-state index contributed by atoms with van der Waals surface area (Å²) in [5.41, 5.74) is 1.52. The van der Waals surface area contributed by atoms with Gasteiger partial charge in [0.25, 0.3) is 5.91 Å². The van der Waals surface area contributed by atoms with E-state index in [0.29, 0.717) is 17.1 Å². The number of nitrogens with one attached hydrogen (secondary N) is 1. The van der Waals surface area contributed by atoms with E-state index in [0.717, 1.165) is 20.3 Å². The number of para-hydroxylation sites is 1. The summed E-state index contributed by atoms with van der Waals surface area (Å²) in [6.45, 7) is 2.08. The Bertz CT molecular complexity index is 892. The van der Waals surface area contributed by atoms with Gasteiger partial charge in [0.1, 0.15) is 10.6 Å². The topological polar surface area (TPSA) is 68.0 Å². The number of carbonyl (C=O) groups excluding carboxylic acids is 1. The quantitative estimate of drug-likeness (QED) is 0.569. The van der Waals surface area contributed by atoms with E-state index in [1.807, 2.05) is 31.2 Å². The van der Waals surface area contributed by atoms with Gasteiger partial charge in [-0.25, -0.2) is 0 Å². The minimum atomic E-state index is -0.303. The molecule has 5 nitrogen and oxygen atoms in total. The maximum absolute atomic E-state index is 12.3. The molecule has 0 saturated heterocycles. The largest absolute Gasteiger partial charge is 0.451 e. The van der Waals surface area contributed by atoms with Crippen LogP contribution in [0.3, 0.4) is 0 Å². The molecule has 3 rings (SSSR count). The fraction of sp³-hybridized carbons (Fsp3) is 0.188. The van der Waals surface area contributed by atoms with Crippen molar-refractivity contribution in [1.82, 2.24) is 15.5 Å². The Balaban J connectivity index is 1.92. The maximum Gasteiger partial charge on any atom is 0.288 e. The van der Waals surface area contributed by atoms with Crippen LogP contribution in [0.25, 0.3) is 11.0 Å². The molecule has 23 heavy (non-hydrogen) atoms. The molecular weight excluding hydrogens is 330 g/mol. The average molecular weight is 343 g/mol. The Labute approximate surface area is 141 Å². The van der Waals surface area contributed by atoms with Crippen molar-refractivity contribution in [2.45, 2.75) is 17.0 Å². The van der Waals surface area contributed by atoms with Gasteiger partial charge in [0.05, 0.1) is 6.54 Å². The Kier molecular flexibility index (Phi) is 4.65. The molecule has 1 aromatic carbocycles. The molecule has 0 spiro atoms. The third kappa shape index (κ3) is 3.38. The van der Waals surface area contributed by atoms with Crippen LogP contribution < -0.4 is 5.32 Å². The second kappa shape index (κ2) is 6.86. The third-order valence-electron chi connectivity index (χ3n) is 3.10. The molecule has 1 N–H and O–H groups in total. The number of terminal acetylenes is 1. The Morgan fingerprint density at radius 3 is 3.00 bits per heavy atom. The monoisotopic (exact) mass is 343 g/mol. The molecule has 1 amide bonds. The van der Waals surface area contributed by atoms with Crippen molar-refractivity contribution >= 4 is 40.0 Å². The molecule has 0 bridgehead atoms. The van der Waals surface area contributed by atoms with Gasteiger partial charge in [-0.05, 0) is 13.0 Å². The smallest absolute Gasteiger partial charge is 0.288 e. The van der Waals surface area contributed by atoms with Crippen LogP contribution in [0.5, 0.6) is 0 Å². The highest BCUT2D eigenvalue weighted by atomic mass is 32.2. The van der Waals surface area contributed by atoms with Crippen molar-refractivity contribution in [1.29, 1.82) is 0 Å². The molecule has 3 aromatic rings. The molecule has 7 heteroatoms. The van der Waals surface area contributed by atoms with Crippen LogP contribution in [-0.4, -0.2) is 22.6 Å². The van der Waals surface area contributed by atoms with Gasteiger partial charge in [0, 0.05) is 16.7 Å². The Hall–Kier alpha value is -2.30. The first-order valence-corrected chi connectivity index (χ1v) is 8.64. The number of rotatable bonds is 5. The van der Waals surface area contributed by atoms with Crippen molar-refractivity contribution in [3.05, 3.63) is 40.6 Å². The lowest BCUT2D eigenvalue weighted by molar-refractivity contribution is 0.0932. The summed E-state index contributed by atoms with van der Waals surface area (Å²) in [5.74, 6) is 2.96. The second-order valence-corrected chi connectivity index (χ2v) is 7.07. The lowest BCUT2D eigenvalue weighted by atomic mass is 10.1. The fourth-order valence-electron chi connectivity index (χ4n) is 2.11. The third-order valence-corrected chi connectivity index (χ3v) is 5.10. The Morgan fingerprint density at radius 1 is 1.43 bits per heavy atom. The van der Waals surface area contributed by atoms with E-state index >= 15 is 0 Å². The maximum atomic E-state index is 12.3. The average Bonchev–Trinajstić information content (AvgIpc) is 3.14. The van der Waals surface area contributed by atoms with Crippen molar-refractivity contribution in [3.63, 3.8) is 0 Å². The summed E-state index contributed by atoms with van der Waals surface area (Å²) in [6.07, 6.45) is 5.19.